The van der Waals surface area contributed by atoms with E-state index in [9.17, 15) is 0 Å². The quantitative estimate of drug-likeness (QED) is 0.384. The molecule has 0 saturated heterocycles. The zero-order chi connectivity index (χ0) is 17.5. The van der Waals surface area contributed by atoms with Crippen molar-refractivity contribution in [3.05, 3.63) is 102 Å². The molecule has 4 aromatic rings. The molecule has 124 valence electrons. The van der Waals surface area contributed by atoms with E-state index < -0.39 is 0 Å². The summed E-state index contributed by atoms with van der Waals surface area (Å²) in [7, 11) is 0. The minimum absolute atomic E-state index is 0.838. The van der Waals surface area contributed by atoms with E-state index in [0.717, 1.165) is 17.7 Å². The van der Waals surface area contributed by atoms with Gasteiger partial charge in [0, 0.05) is 11.3 Å². The van der Waals surface area contributed by atoms with Crippen LogP contribution in [-0.2, 0) is 6.42 Å². The van der Waals surface area contributed by atoms with E-state index in [2.05, 4.69) is 84.9 Å². The number of benzene rings is 4. The second-order valence-electron chi connectivity index (χ2n) is 6.81. The van der Waals surface area contributed by atoms with Crippen molar-refractivity contribution in [2.45, 2.75) is 6.42 Å². The van der Waals surface area contributed by atoms with Crippen LogP contribution in [0, 0.1) is 0 Å². The summed E-state index contributed by atoms with van der Waals surface area (Å²) in [5, 5.41) is 0. The predicted octanol–water partition coefficient (Wildman–Crippen LogP) is 6.17. The molecule has 1 aliphatic carbocycles. The number of rotatable bonds is 2. The number of nitrogens with two attached hydrogens (primary N) is 1. The Bertz CT molecular complexity index is 1100. The fraction of sp³-hybridized carbons (Fsp3) is 0.0400. The second-order valence-corrected chi connectivity index (χ2v) is 6.81. The smallest absolute Gasteiger partial charge is 0.0406 e. The number of hydrogen-bond acceptors (Lipinski definition) is 1. The van der Waals surface area contributed by atoms with E-state index in [1.807, 2.05) is 6.07 Å². The molecule has 1 heteroatoms. The van der Waals surface area contributed by atoms with Crippen LogP contribution in [0.15, 0.2) is 91.0 Å². The van der Waals surface area contributed by atoms with E-state index in [1.165, 1.54) is 38.9 Å². The number of hydrogen-bond donors (Lipinski definition) is 1. The minimum atomic E-state index is 0.838. The lowest BCUT2D eigenvalue weighted by Crippen LogP contribution is -1.98. The highest BCUT2D eigenvalue weighted by Crippen LogP contribution is 2.48. The average Bonchev–Trinajstić information content (AvgIpc) is 3.06. The van der Waals surface area contributed by atoms with Gasteiger partial charge in [-0.3, -0.25) is 0 Å². The zero-order valence-corrected chi connectivity index (χ0v) is 14.4. The Labute approximate surface area is 153 Å². The Kier molecular flexibility index (Phi) is 3.39. The molecule has 5 rings (SSSR count). The van der Waals surface area contributed by atoms with Crippen LogP contribution in [0.25, 0.3) is 33.4 Å². The van der Waals surface area contributed by atoms with Crippen LogP contribution in [0.1, 0.15) is 11.1 Å². The van der Waals surface area contributed by atoms with Gasteiger partial charge in [0.25, 0.3) is 0 Å². The molecule has 0 aromatic heterocycles. The molecule has 0 atom stereocenters. The molecule has 0 unspecified atom stereocenters. The highest BCUT2D eigenvalue weighted by molar-refractivity contribution is 5.99. The van der Waals surface area contributed by atoms with Gasteiger partial charge in [0.2, 0.25) is 0 Å². The lowest BCUT2D eigenvalue weighted by Gasteiger charge is -2.18. The fourth-order valence-corrected chi connectivity index (χ4v) is 4.14. The normalized spacial score (nSPS) is 11.8. The van der Waals surface area contributed by atoms with Crippen molar-refractivity contribution in [3.63, 3.8) is 0 Å². The Hall–Kier alpha value is -3.32. The molecule has 0 saturated carbocycles. The third-order valence-corrected chi connectivity index (χ3v) is 5.27. The molecule has 2 N–H and O–H groups in total. The maximum absolute atomic E-state index is 6.62. The molecule has 0 aliphatic heterocycles. The van der Waals surface area contributed by atoms with E-state index >= 15 is 0 Å². The first-order chi connectivity index (χ1) is 12.8. The molecule has 0 spiro atoms. The van der Waals surface area contributed by atoms with Crippen LogP contribution in [0.4, 0.5) is 5.69 Å². The molecule has 1 nitrogen and oxygen atoms in total. The topological polar surface area (TPSA) is 26.0 Å². The summed E-state index contributed by atoms with van der Waals surface area (Å²) >= 11 is 0. The Morgan fingerprint density at radius 3 is 1.85 bits per heavy atom. The van der Waals surface area contributed by atoms with Gasteiger partial charge in [0.15, 0.2) is 0 Å². The largest absolute Gasteiger partial charge is 0.398 e. The lowest BCUT2D eigenvalue weighted by molar-refractivity contribution is 1.26. The van der Waals surface area contributed by atoms with Crippen molar-refractivity contribution in [2.75, 3.05) is 5.73 Å². The summed E-state index contributed by atoms with van der Waals surface area (Å²) in [6, 6.07) is 31.9. The lowest BCUT2D eigenvalue weighted by atomic mass is 9.86. The van der Waals surface area contributed by atoms with Gasteiger partial charge in [-0.25, -0.2) is 0 Å². The van der Waals surface area contributed by atoms with Gasteiger partial charge in [0.05, 0.1) is 0 Å². The van der Waals surface area contributed by atoms with Crippen molar-refractivity contribution >= 4 is 5.69 Å². The Morgan fingerprint density at radius 2 is 1.15 bits per heavy atom. The monoisotopic (exact) mass is 333 g/mol. The molecular weight excluding hydrogens is 314 g/mol. The summed E-state index contributed by atoms with van der Waals surface area (Å²) in [4.78, 5) is 0. The SMILES string of the molecule is Nc1cc2c(c(-c3ccccc3)c1-c1ccccc1)Cc1ccccc1-2. The van der Waals surface area contributed by atoms with E-state index in [4.69, 9.17) is 5.73 Å². The maximum atomic E-state index is 6.62. The molecule has 4 aromatic carbocycles. The van der Waals surface area contributed by atoms with E-state index in [-0.39, 0.29) is 0 Å². The molecule has 1 aliphatic rings. The summed E-state index contributed by atoms with van der Waals surface area (Å²) in [6.07, 6.45) is 0.954. The van der Waals surface area contributed by atoms with Gasteiger partial charge in [0.1, 0.15) is 0 Å². The highest BCUT2D eigenvalue weighted by Gasteiger charge is 2.25. The molecule has 0 heterocycles. The fourth-order valence-electron chi connectivity index (χ4n) is 4.14. The Morgan fingerprint density at radius 1 is 0.577 bits per heavy atom. The zero-order valence-electron chi connectivity index (χ0n) is 14.4. The molecule has 0 fully saturated rings. The van der Waals surface area contributed by atoms with Crippen molar-refractivity contribution in [3.8, 4) is 33.4 Å². The molecule has 0 radical (unpaired) electrons. The molecule has 26 heavy (non-hydrogen) atoms. The van der Waals surface area contributed by atoms with Gasteiger partial charge < -0.3 is 5.73 Å². The van der Waals surface area contributed by atoms with Gasteiger partial charge in [-0.15, -0.1) is 0 Å². The second kappa shape index (κ2) is 5.89. The standard InChI is InChI=1S/C25H19N/c26-23-16-21-20-14-8-7-13-19(20)15-22(21)24(17-9-3-1-4-10-17)25(23)18-11-5-2-6-12-18/h1-14,16H,15,26H2. The van der Waals surface area contributed by atoms with Crippen molar-refractivity contribution in [2.24, 2.45) is 0 Å². The van der Waals surface area contributed by atoms with E-state index in [0.29, 0.717) is 0 Å². The van der Waals surface area contributed by atoms with Crippen LogP contribution in [-0.4, -0.2) is 0 Å². The average molecular weight is 333 g/mol. The van der Waals surface area contributed by atoms with Gasteiger partial charge in [-0.1, -0.05) is 84.9 Å². The highest BCUT2D eigenvalue weighted by atomic mass is 14.6. The molecule has 0 bridgehead atoms. The maximum Gasteiger partial charge on any atom is 0.0406 e. The number of nitrogen functional groups attached to an aromatic ring is 1. The predicted molar refractivity (Wildman–Crippen MR) is 110 cm³/mol. The summed E-state index contributed by atoms with van der Waals surface area (Å²) < 4.78 is 0. The van der Waals surface area contributed by atoms with Gasteiger partial charge >= 0.3 is 0 Å². The third-order valence-electron chi connectivity index (χ3n) is 5.27. The van der Waals surface area contributed by atoms with Crippen LogP contribution in [0.5, 0.6) is 0 Å². The van der Waals surface area contributed by atoms with Crippen molar-refractivity contribution < 1.29 is 0 Å². The van der Waals surface area contributed by atoms with Crippen molar-refractivity contribution in [1.82, 2.24) is 0 Å². The third kappa shape index (κ3) is 2.25. The minimum Gasteiger partial charge on any atom is -0.398 e. The van der Waals surface area contributed by atoms with Crippen LogP contribution < -0.4 is 5.73 Å². The van der Waals surface area contributed by atoms with Gasteiger partial charge in [-0.2, -0.15) is 0 Å². The van der Waals surface area contributed by atoms with Crippen LogP contribution in [0.3, 0.4) is 0 Å². The first-order valence-electron chi connectivity index (χ1n) is 8.97. The first-order valence-corrected chi connectivity index (χ1v) is 8.97. The summed E-state index contributed by atoms with van der Waals surface area (Å²) in [6.45, 7) is 0. The number of fused-ring (bicyclic) bond motifs is 3. The van der Waals surface area contributed by atoms with Gasteiger partial charge in [-0.05, 0) is 51.4 Å². The molecular formula is C25H19N. The van der Waals surface area contributed by atoms with Crippen LogP contribution >= 0.6 is 0 Å². The Balaban J connectivity index is 1.87. The molecule has 0 amide bonds. The summed E-state index contributed by atoms with van der Waals surface area (Å²) in [5.41, 5.74) is 17.6. The number of anilines is 1. The summed E-state index contributed by atoms with van der Waals surface area (Å²) in [5.74, 6) is 0. The first kappa shape index (κ1) is 15.0. The van der Waals surface area contributed by atoms with E-state index in [1.54, 1.807) is 0 Å². The van der Waals surface area contributed by atoms with Crippen molar-refractivity contribution in [1.29, 1.82) is 0 Å². The van der Waals surface area contributed by atoms with Crippen LogP contribution in [0.2, 0.25) is 0 Å².